The summed E-state index contributed by atoms with van der Waals surface area (Å²) in [6, 6.07) is 11.4. The van der Waals surface area contributed by atoms with E-state index in [2.05, 4.69) is 11.1 Å². The minimum atomic E-state index is 0.551. The van der Waals surface area contributed by atoms with Gasteiger partial charge in [-0.15, -0.1) is 0 Å². The summed E-state index contributed by atoms with van der Waals surface area (Å²) in [6.07, 6.45) is 1.68. The van der Waals surface area contributed by atoms with E-state index in [1.807, 2.05) is 30.1 Å². The second-order valence-electron chi connectivity index (χ2n) is 4.56. The molecule has 0 bridgehead atoms. The van der Waals surface area contributed by atoms with Gasteiger partial charge in [-0.1, -0.05) is 0 Å². The molecule has 0 N–H and O–H groups in total. The Morgan fingerprint density at radius 1 is 1.19 bits per heavy atom. The van der Waals surface area contributed by atoms with Crippen LogP contribution in [0.2, 0.25) is 0 Å². The first-order chi connectivity index (χ1) is 10.2. The molecule has 0 unspecified atom stereocenters. The van der Waals surface area contributed by atoms with E-state index in [0.717, 1.165) is 17.1 Å². The maximum atomic E-state index is 9.14. The Hall–Kier alpha value is -2.74. The zero-order valence-corrected chi connectivity index (χ0v) is 12.3. The van der Waals surface area contributed by atoms with Crippen molar-refractivity contribution in [2.75, 3.05) is 26.2 Å². The monoisotopic (exact) mass is 283 g/mol. The number of benzene rings is 1. The van der Waals surface area contributed by atoms with E-state index >= 15 is 0 Å². The molecule has 1 aromatic heterocycles. The van der Waals surface area contributed by atoms with Gasteiger partial charge in [0.15, 0.2) is 0 Å². The van der Waals surface area contributed by atoms with Crippen LogP contribution in [0.25, 0.3) is 0 Å². The van der Waals surface area contributed by atoms with Gasteiger partial charge in [0.2, 0.25) is 0 Å². The molecule has 0 saturated heterocycles. The molecule has 1 aromatic carbocycles. The third-order valence-corrected chi connectivity index (χ3v) is 3.10. The largest absolute Gasteiger partial charge is 0.497 e. The summed E-state index contributed by atoms with van der Waals surface area (Å²) in [5, 5.41) is 9.14. The highest BCUT2D eigenvalue weighted by Crippen LogP contribution is 2.24. The lowest BCUT2D eigenvalue weighted by Crippen LogP contribution is -2.18. The number of aromatic nitrogens is 1. The Bertz CT molecular complexity index is 643. The van der Waals surface area contributed by atoms with E-state index in [1.54, 1.807) is 32.5 Å². The molecule has 21 heavy (non-hydrogen) atoms. The fourth-order valence-corrected chi connectivity index (χ4v) is 2.09. The molecular weight excluding hydrogens is 266 g/mol. The maximum Gasteiger partial charge on any atom is 0.146 e. The Labute approximate surface area is 124 Å². The number of anilines is 1. The standard InChI is InChI=1S/C16H17N3O2/c1-19(16-13(10-17)5-4-6-18-16)11-12-7-14(20-2)9-15(8-12)21-3/h4-9H,11H2,1-3H3. The highest BCUT2D eigenvalue weighted by molar-refractivity contribution is 5.53. The van der Waals surface area contributed by atoms with Gasteiger partial charge in [0.25, 0.3) is 0 Å². The van der Waals surface area contributed by atoms with Gasteiger partial charge < -0.3 is 14.4 Å². The van der Waals surface area contributed by atoms with Crippen LogP contribution in [0.5, 0.6) is 11.5 Å². The number of hydrogen-bond donors (Lipinski definition) is 0. The summed E-state index contributed by atoms with van der Waals surface area (Å²) in [5.41, 5.74) is 1.57. The molecule has 0 atom stereocenters. The van der Waals surface area contributed by atoms with Gasteiger partial charge in [-0.25, -0.2) is 4.98 Å². The topological polar surface area (TPSA) is 58.4 Å². The maximum absolute atomic E-state index is 9.14. The minimum absolute atomic E-state index is 0.551. The van der Waals surface area contributed by atoms with Crippen molar-refractivity contribution < 1.29 is 9.47 Å². The molecule has 0 aliphatic rings. The van der Waals surface area contributed by atoms with Crippen molar-refractivity contribution in [1.82, 2.24) is 4.98 Å². The van der Waals surface area contributed by atoms with Gasteiger partial charge in [0, 0.05) is 25.9 Å². The number of hydrogen-bond acceptors (Lipinski definition) is 5. The fourth-order valence-electron chi connectivity index (χ4n) is 2.09. The van der Waals surface area contributed by atoms with Crippen LogP contribution in [-0.4, -0.2) is 26.3 Å². The van der Waals surface area contributed by atoms with Crippen LogP contribution < -0.4 is 14.4 Å². The minimum Gasteiger partial charge on any atom is -0.497 e. The molecule has 5 heteroatoms. The molecule has 5 nitrogen and oxygen atoms in total. The van der Waals surface area contributed by atoms with Gasteiger partial charge in [-0.3, -0.25) is 0 Å². The molecule has 2 aromatic rings. The quantitative estimate of drug-likeness (QED) is 0.844. The van der Waals surface area contributed by atoms with E-state index in [4.69, 9.17) is 14.7 Å². The van der Waals surface area contributed by atoms with Crippen LogP contribution in [0.1, 0.15) is 11.1 Å². The van der Waals surface area contributed by atoms with E-state index in [-0.39, 0.29) is 0 Å². The zero-order chi connectivity index (χ0) is 15.2. The van der Waals surface area contributed by atoms with Gasteiger partial charge >= 0.3 is 0 Å². The van der Waals surface area contributed by atoms with Crippen LogP contribution in [-0.2, 0) is 6.54 Å². The second-order valence-corrected chi connectivity index (χ2v) is 4.56. The summed E-state index contributed by atoms with van der Waals surface area (Å²) < 4.78 is 10.5. The van der Waals surface area contributed by atoms with Gasteiger partial charge in [0.1, 0.15) is 23.4 Å². The van der Waals surface area contributed by atoms with Gasteiger partial charge in [-0.05, 0) is 29.8 Å². The highest BCUT2D eigenvalue weighted by Gasteiger charge is 2.10. The van der Waals surface area contributed by atoms with Crippen LogP contribution >= 0.6 is 0 Å². The van der Waals surface area contributed by atoms with E-state index in [1.165, 1.54) is 0 Å². The molecule has 0 amide bonds. The van der Waals surface area contributed by atoms with Crippen LogP contribution in [0.3, 0.4) is 0 Å². The van der Waals surface area contributed by atoms with Gasteiger partial charge in [0.05, 0.1) is 19.8 Å². The Morgan fingerprint density at radius 2 is 1.86 bits per heavy atom. The van der Waals surface area contributed by atoms with Crippen molar-refractivity contribution in [2.24, 2.45) is 0 Å². The smallest absolute Gasteiger partial charge is 0.146 e. The fraction of sp³-hybridized carbons (Fsp3) is 0.250. The molecule has 0 aliphatic carbocycles. The molecule has 108 valence electrons. The molecular formula is C16H17N3O2. The van der Waals surface area contributed by atoms with Crippen molar-refractivity contribution in [3.8, 4) is 17.6 Å². The number of rotatable bonds is 5. The first-order valence-corrected chi connectivity index (χ1v) is 6.46. The SMILES string of the molecule is COc1cc(CN(C)c2ncccc2C#N)cc(OC)c1. The predicted molar refractivity (Wildman–Crippen MR) is 80.6 cm³/mol. The average Bonchev–Trinajstić information content (AvgIpc) is 2.54. The molecule has 0 saturated carbocycles. The van der Waals surface area contributed by atoms with E-state index < -0.39 is 0 Å². The third kappa shape index (κ3) is 3.42. The van der Waals surface area contributed by atoms with Crippen LogP contribution in [0.15, 0.2) is 36.5 Å². The van der Waals surface area contributed by atoms with Gasteiger partial charge in [-0.2, -0.15) is 5.26 Å². The van der Waals surface area contributed by atoms with Crippen LogP contribution in [0, 0.1) is 11.3 Å². The molecule has 0 spiro atoms. The number of methoxy groups -OCH3 is 2. The Kier molecular flexibility index (Phi) is 4.62. The van der Waals surface area contributed by atoms with Crippen molar-refractivity contribution in [2.45, 2.75) is 6.54 Å². The van der Waals surface area contributed by atoms with Crippen molar-refractivity contribution in [3.05, 3.63) is 47.7 Å². The van der Waals surface area contributed by atoms with Crippen LogP contribution in [0.4, 0.5) is 5.82 Å². The zero-order valence-electron chi connectivity index (χ0n) is 12.3. The van der Waals surface area contributed by atoms with Crippen molar-refractivity contribution in [1.29, 1.82) is 5.26 Å². The molecule has 0 aliphatic heterocycles. The number of pyridine rings is 1. The highest BCUT2D eigenvalue weighted by atomic mass is 16.5. The lowest BCUT2D eigenvalue weighted by atomic mass is 10.1. The summed E-state index contributed by atoms with van der Waals surface area (Å²) in [5.74, 6) is 2.13. The first-order valence-electron chi connectivity index (χ1n) is 6.46. The first kappa shape index (κ1) is 14.7. The molecule has 2 rings (SSSR count). The third-order valence-electron chi connectivity index (χ3n) is 3.10. The summed E-state index contributed by atoms with van der Waals surface area (Å²) in [4.78, 5) is 6.20. The number of ether oxygens (including phenoxy) is 2. The lowest BCUT2D eigenvalue weighted by molar-refractivity contribution is 0.393. The van der Waals surface area contributed by atoms with E-state index in [9.17, 15) is 0 Å². The summed E-state index contributed by atoms with van der Waals surface area (Å²) in [6.45, 7) is 0.596. The average molecular weight is 283 g/mol. The number of nitrogens with zero attached hydrogens (tertiary/aromatic N) is 3. The normalized spacial score (nSPS) is 9.81. The Morgan fingerprint density at radius 3 is 2.43 bits per heavy atom. The summed E-state index contributed by atoms with van der Waals surface area (Å²) in [7, 11) is 5.14. The predicted octanol–water partition coefficient (Wildman–Crippen LogP) is 2.61. The second kappa shape index (κ2) is 6.62. The Balaban J connectivity index is 2.27. The van der Waals surface area contributed by atoms with Crippen molar-refractivity contribution >= 4 is 5.82 Å². The van der Waals surface area contributed by atoms with Crippen molar-refractivity contribution in [3.63, 3.8) is 0 Å². The summed E-state index contributed by atoms with van der Waals surface area (Å²) >= 11 is 0. The lowest BCUT2D eigenvalue weighted by Gasteiger charge is -2.20. The molecule has 0 fully saturated rings. The number of nitriles is 1. The van der Waals surface area contributed by atoms with E-state index in [0.29, 0.717) is 17.9 Å². The molecule has 1 heterocycles. The molecule has 0 radical (unpaired) electrons.